The highest BCUT2D eigenvalue weighted by molar-refractivity contribution is 7.89. The van der Waals surface area contributed by atoms with E-state index < -0.39 is 21.7 Å². The lowest BCUT2D eigenvalue weighted by molar-refractivity contribution is -0.0716. The van der Waals surface area contributed by atoms with E-state index in [9.17, 15) is 13.2 Å². The van der Waals surface area contributed by atoms with Crippen LogP contribution in [0.4, 0.5) is 5.69 Å². The second-order valence-electron chi connectivity index (χ2n) is 8.91. The van der Waals surface area contributed by atoms with Gasteiger partial charge in [0.1, 0.15) is 10.6 Å². The summed E-state index contributed by atoms with van der Waals surface area (Å²) >= 11 is 0. The Labute approximate surface area is 193 Å². The van der Waals surface area contributed by atoms with Gasteiger partial charge in [-0.3, -0.25) is 4.79 Å². The number of carbonyl (C=O) groups excluding carboxylic acids is 1. The first-order chi connectivity index (χ1) is 15.9. The van der Waals surface area contributed by atoms with Gasteiger partial charge in [-0.05, 0) is 56.0 Å². The second kappa shape index (κ2) is 8.53. The van der Waals surface area contributed by atoms with Crippen molar-refractivity contribution in [2.24, 2.45) is 0 Å². The average molecular weight is 473 g/mol. The molecule has 1 aliphatic heterocycles. The van der Waals surface area contributed by atoms with E-state index in [0.29, 0.717) is 17.2 Å². The van der Waals surface area contributed by atoms with E-state index in [1.165, 1.54) is 19.2 Å². The SMILES string of the molecule is COc1ccc(C(=O)Nc2ccc3c(c2)OC2(CCCC2)O3)cc1S(=O)(=O)NC1CCCC1. The van der Waals surface area contributed by atoms with Gasteiger partial charge in [-0.1, -0.05) is 12.8 Å². The lowest BCUT2D eigenvalue weighted by Crippen LogP contribution is -2.34. The van der Waals surface area contributed by atoms with Crippen LogP contribution >= 0.6 is 0 Å². The predicted octanol–water partition coefficient (Wildman–Crippen LogP) is 4.21. The van der Waals surface area contributed by atoms with Crippen molar-refractivity contribution < 1.29 is 27.4 Å². The van der Waals surface area contributed by atoms with Crippen LogP contribution in [0.15, 0.2) is 41.3 Å². The Kier molecular flexibility index (Phi) is 5.70. The zero-order valence-corrected chi connectivity index (χ0v) is 19.4. The molecule has 2 N–H and O–H groups in total. The van der Waals surface area contributed by atoms with E-state index in [1.54, 1.807) is 24.3 Å². The molecule has 2 aromatic rings. The Hall–Kier alpha value is -2.78. The van der Waals surface area contributed by atoms with E-state index >= 15 is 0 Å². The summed E-state index contributed by atoms with van der Waals surface area (Å²) in [6, 6.07) is 9.58. The molecule has 0 radical (unpaired) electrons. The minimum Gasteiger partial charge on any atom is -0.495 e. The lowest BCUT2D eigenvalue weighted by Gasteiger charge is -2.21. The number of methoxy groups -OCH3 is 1. The maximum Gasteiger partial charge on any atom is 0.255 e. The first kappa shape index (κ1) is 22.0. The smallest absolute Gasteiger partial charge is 0.255 e. The number of carbonyl (C=O) groups is 1. The Morgan fingerprint density at radius 3 is 2.45 bits per heavy atom. The van der Waals surface area contributed by atoms with Gasteiger partial charge in [0.15, 0.2) is 11.5 Å². The van der Waals surface area contributed by atoms with E-state index in [-0.39, 0.29) is 22.3 Å². The molecule has 2 fully saturated rings. The minimum absolute atomic E-state index is 0.0431. The zero-order valence-electron chi connectivity index (χ0n) is 18.6. The molecule has 0 aromatic heterocycles. The van der Waals surface area contributed by atoms with Gasteiger partial charge < -0.3 is 19.5 Å². The highest BCUT2D eigenvalue weighted by Crippen LogP contribution is 2.47. The lowest BCUT2D eigenvalue weighted by atomic mass is 10.2. The monoisotopic (exact) mass is 472 g/mol. The van der Waals surface area contributed by atoms with E-state index in [2.05, 4.69) is 10.0 Å². The number of hydrogen-bond donors (Lipinski definition) is 2. The molecule has 2 saturated carbocycles. The van der Waals surface area contributed by atoms with Crippen molar-refractivity contribution in [1.82, 2.24) is 4.72 Å². The molecular formula is C24H28N2O6S. The number of amides is 1. The number of benzene rings is 2. The molecule has 1 heterocycles. The maximum atomic E-state index is 13.0. The van der Waals surface area contributed by atoms with Crippen molar-refractivity contribution in [3.05, 3.63) is 42.0 Å². The van der Waals surface area contributed by atoms with Crippen LogP contribution < -0.4 is 24.2 Å². The summed E-state index contributed by atoms with van der Waals surface area (Å²) in [4.78, 5) is 12.9. The summed E-state index contributed by atoms with van der Waals surface area (Å²) in [7, 11) is -2.42. The largest absolute Gasteiger partial charge is 0.495 e. The molecule has 0 atom stereocenters. The molecule has 5 rings (SSSR count). The molecule has 1 spiro atoms. The highest BCUT2D eigenvalue weighted by Gasteiger charge is 2.44. The third kappa shape index (κ3) is 4.39. The van der Waals surface area contributed by atoms with Gasteiger partial charge in [0, 0.05) is 36.2 Å². The molecule has 2 aromatic carbocycles. The molecule has 2 aliphatic carbocycles. The van der Waals surface area contributed by atoms with Crippen molar-refractivity contribution in [1.29, 1.82) is 0 Å². The van der Waals surface area contributed by atoms with Gasteiger partial charge in [0.2, 0.25) is 10.0 Å². The van der Waals surface area contributed by atoms with Crippen molar-refractivity contribution in [3.63, 3.8) is 0 Å². The summed E-state index contributed by atoms with van der Waals surface area (Å²) in [6.45, 7) is 0. The van der Waals surface area contributed by atoms with Crippen molar-refractivity contribution in [3.8, 4) is 17.2 Å². The fourth-order valence-corrected chi connectivity index (χ4v) is 6.35. The van der Waals surface area contributed by atoms with Crippen molar-refractivity contribution in [2.75, 3.05) is 12.4 Å². The summed E-state index contributed by atoms with van der Waals surface area (Å²) in [5.41, 5.74) is 0.759. The predicted molar refractivity (Wildman–Crippen MR) is 122 cm³/mol. The Morgan fingerprint density at radius 2 is 1.73 bits per heavy atom. The van der Waals surface area contributed by atoms with Gasteiger partial charge in [-0.15, -0.1) is 0 Å². The van der Waals surface area contributed by atoms with Crippen LogP contribution in [0.1, 0.15) is 61.7 Å². The quantitative estimate of drug-likeness (QED) is 0.653. The first-order valence-electron chi connectivity index (χ1n) is 11.4. The number of ether oxygens (including phenoxy) is 3. The van der Waals surface area contributed by atoms with Crippen LogP contribution in [-0.4, -0.2) is 33.3 Å². The Morgan fingerprint density at radius 1 is 1.00 bits per heavy atom. The summed E-state index contributed by atoms with van der Waals surface area (Å²) < 4.78 is 46.1. The number of hydrogen-bond acceptors (Lipinski definition) is 6. The zero-order chi connectivity index (χ0) is 23.1. The topological polar surface area (TPSA) is 103 Å². The molecule has 176 valence electrons. The molecule has 8 nitrogen and oxygen atoms in total. The van der Waals surface area contributed by atoms with Gasteiger partial charge in [0.05, 0.1) is 7.11 Å². The molecule has 0 bridgehead atoms. The number of rotatable bonds is 6. The van der Waals surface area contributed by atoms with Crippen LogP contribution in [0.5, 0.6) is 17.2 Å². The first-order valence-corrected chi connectivity index (χ1v) is 12.9. The Balaban J connectivity index is 1.35. The normalized spacial score (nSPS) is 19.2. The maximum absolute atomic E-state index is 13.0. The van der Waals surface area contributed by atoms with Crippen LogP contribution in [0.3, 0.4) is 0 Å². The fourth-order valence-electron chi connectivity index (χ4n) is 4.85. The van der Waals surface area contributed by atoms with E-state index in [1.807, 2.05) is 0 Å². The third-order valence-electron chi connectivity index (χ3n) is 6.55. The molecule has 9 heteroatoms. The highest BCUT2D eigenvalue weighted by atomic mass is 32.2. The molecule has 0 saturated heterocycles. The van der Waals surface area contributed by atoms with Gasteiger partial charge in [-0.25, -0.2) is 13.1 Å². The van der Waals surface area contributed by atoms with Gasteiger partial charge in [0.25, 0.3) is 11.7 Å². The standard InChI is InChI=1S/C24H28N2O6S/c1-30-20-10-8-16(14-22(20)33(28,29)26-17-6-2-3-7-17)23(27)25-18-9-11-19-21(15-18)32-24(31-19)12-4-5-13-24/h8-11,14-15,17,26H,2-7,12-13H2,1H3,(H,25,27). The molecule has 0 unspecified atom stereocenters. The van der Waals surface area contributed by atoms with Crippen molar-refractivity contribution >= 4 is 21.6 Å². The average Bonchev–Trinajstić information content (AvgIpc) is 3.54. The van der Waals surface area contributed by atoms with Crippen LogP contribution in [-0.2, 0) is 10.0 Å². The Bertz CT molecular complexity index is 1170. The van der Waals surface area contributed by atoms with Gasteiger partial charge in [-0.2, -0.15) is 0 Å². The fraction of sp³-hybridized carbons (Fsp3) is 0.458. The van der Waals surface area contributed by atoms with E-state index in [0.717, 1.165) is 51.4 Å². The number of anilines is 1. The minimum atomic E-state index is -3.83. The van der Waals surface area contributed by atoms with E-state index in [4.69, 9.17) is 14.2 Å². The molecule has 3 aliphatic rings. The summed E-state index contributed by atoms with van der Waals surface area (Å²) in [5, 5.41) is 2.83. The van der Waals surface area contributed by atoms with Crippen LogP contribution in [0, 0.1) is 0 Å². The summed E-state index contributed by atoms with van der Waals surface area (Å²) in [5.74, 6) is 0.474. The molecule has 33 heavy (non-hydrogen) atoms. The second-order valence-corrected chi connectivity index (χ2v) is 10.6. The third-order valence-corrected chi connectivity index (χ3v) is 8.09. The molecular weight excluding hydrogens is 444 g/mol. The molecule has 1 amide bonds. The summed E-state index contributed by atoms with van der Waals surface area (Å²) in [6.07, 6.45) is 7.46. The number of sulfonamides is 1. The number of fused-ring (bicyclic) bond motifs is 1. The van der Waals surface area contributed by atoms with Gasteiger partial charge >= 0.3 is 0 Å². The van der Waals surface area contributed by atoms with Crippen LogP contribution in [0.25, 0.3) is 0 Å². The number of nitrogens with one attached hydrogen (secondary N) is 2. The van der Waals surface area contributed by atoms with Crippen LogP contribution in [0.2, 0.25) is 0 Å². The van der Waals surface area contributed by atoms with Crippen molar-refractivity contribution in [2.45, 2.75) is 68.1 Å².